The summed E-state index contributed by atoms with van der Waals surface area (Å²) in [6.07, 6.45) is 3.74. The van der Waals surface area contributed by atoms with E-state index < -0.39 is 0 Å². The molecule has 0 spiro atoms. The van der Waals surface area contributed by atoms with Crippen LogP contribution in [0.25, 0.3) is 0 Å². The van der Waals surface area contributed by atoms with Crippen molar-refractivity contribution in [2.45, 2.75) is 57.1 Å². The molecule has 6 rings (SSSR count). The van der Waals surface area contributed by atoms with Gasteiger partial charge in [0, 0.05) is 5.57 Å². The third-order valence-electron chi connectivity index (χ3n) is 7.37. The predicted octanol–water partition coefficient (Wildman–Crippen LogP) is 1.86. The average molecular weight is 318 g/mol. The van der Waals surface area contributed by atoms with Crippen molar-refractivity contribution in [2.75, 3.05) is 0 Å². The van der Waals surface area contributed by atoms with Crippen LogP contribution >= 0.6 is 0 Å². The number of fused-ring (bicyclic) bond motifs is 13. The quantitative estimate of drug-likeness (QED) is 0.337. The lowest BCUT2D eigenvalue weighted by Gasteiger charge is -2.45. The molecule has 5 nitrogen and oxygen atoms in total. The molecule has 6 aliphatic rings. The molecule has 0 amide bonds. The highest BCUT2D eigenvalue weighted by Crippen LogP contribution is 2.69. The zero-order valence-corrected chi connectivity index (χ0v) is 13.2. The third kappa shape index (κ3) is 1.61. The summed E-state index contributed by atoms with van der Waals surface area (Å²) in [5, 5.41) is 0. The Balaban J connectivity index is 1.26. The van der Waals surface area contributed by atoms with Gasteiger partial charge in [0.2, 0.25) is 12.6 Å². The first kappa shape index (κ1) is 13.4. The standard InChI is InChI=1S/C18H22O5/c1-6(2)16(19)20-11-4-7-3-8(11)13-10-5-9(12(7)13)14-15(10)22-18-17(21-14)23-18/h7-15,17-18H,1,3-5H2,2H3. The van der Waals surface area contributed by atoms with Gasteiger partial charge in [0.1, 0.15) is 6.10 Å². The Kier molecular flexibility index (Phi) is 2.44. The van der Waals surface area contributed by atoms with Crippen molar-refractivity contribution < 1.29 is 23.7 Å². The molecular formula is C18H22O5. The molecular weight excluding hydrogens is 296 g/mol. The van der Waals surface area contributed by atoms with E-state index >= 15 is 0 Å². The first-order chi connectivity index (χ1) is 11.1. The van der Waals surface area contributed by atoms with Crippen LogP contribution in [0.3, 0.4) is 0 Å². The lowest BCUT2D eigenvalue weighted by molar-refractivity contribution is -0.190. The molecule has 6 fully saturated rings. The van der Waals surface area contributed by atoms with Crippen LogP contribution < -0.4 is 0 Å². The predicted molar refractivity (Wildman–Crippen MR) is 77.9 cm³/mol. The SMILES string of the molecule is C=C(C)C(=O)OC1CC2CC1C1C3CC(C4OC5OC5OC34)C21. The molecule has 23 heavy (non-hydrogen) atoms. The molecule has 0 N–H and O–H groups in total. The third-order valence-corrected chi connectivity index (χ3v) is 7.37. The van der Waals surface area contributed by atoms with E-state index in [1.54, 1.807) is 6.92 Å². The van der Waals surface area contributed by atoms with Crippen LogP contribution in [0, 0.1) is 35.5 Å². The van der Waals surface area contributed by atoms with Crippen molar-refractivity contribution in [3.8, 4) is 0 Å². The highest BCUT2D eigenvalue weighted by molar-refractivity contribution is 5.87. The lowest BCUT2D eigenvalue weighted by Crippen LogP contribution is -2.51. The van der Waals surface area contributed by atoms with Crippen molar-refractivity contribution in [1.82, 2.24) is 0 Å². The van der Waals surface area contributed by atoms with Crippen LogP contribution in [0.2, 0.25) is 0 Å². The monoisotopic (exact) mass is 318 g/mol. The fraction of sp³-hybridized carbons (Fsp3) is 0.833. The van der Waals surface area contributed by atoms with Gasteiger partial charge in [-0.3, -0.25) is 0 Å². The Bertz CT molecular complexity index is 602. The summed E-state index contributed by atoms with van der Waals surface area (Å²) in [6, 6.07) is 0. The first-order valence-corrected chi connectivity index (χ1v) is 8.94. The van der Waals surface area contributed by atoms with Gasteiger partial charge in [0.25, 0.3) is 0 Å². The van der Waals surface area contributed by atoms with Crippen LogP contribution in [-0.2, 0) is 23.7 Å². The van der Waals surface area contributed by atoms with E-state index in [4.69, 9.17) is 18.9 Å². The topological polar surface area (TPSA) is 57.3 Å². The molecule has 5 heteroatoms. The normalized spacial score (nSPS) is 60.1. The van der Waals surface area contributed by atoms with E-state index in [9.17, 15) is 4.79 Å². The minimum absolute atomic E-state index is 0.0812. The van der Waals surface area contributed by atoms with Crippen LogP contribution in [-0.4, -0.2) is 36.9 Å². The van der Waals surface area contributed by atoms with Gasteiger partial charge in [0.15, 0.2) is 0 Å². The minimum atomic E-state index is -0.230. The second-order valence-electron chi connectivity index (χ2n) is 8.41. The summed E-state index contributed by atoms with van der Waals surface area (Å²) in [4.78, 5) is 11.9. The van der Waals surface area contributed by atoms with Crippen LogP contribution in [0.4, 0.5) is 0 Å². The molecule has 124 valence electrons. The number of epoxide rings is 1. The van der Waals surface area contributed by atoms with Crippen molar-refractivity contribution in [1.29, 1.82) is 0 Å². The molecule has 2 heterocycles. The van der Waals surface area contributed by atoms with Gasteiger partial charge >= 0.3 is 5.97 Å². The fourth-order valence-corrected chi connectivity index (χ4v) is 6.77. The smallest absolute Gasteiger partial charge is 0.333 e. The molecule has 0 aromatic rings. The maximum Gasteiger partial charge on any atom is 0.333 e. The summed E-state index contributed by atoms with van der Waals surface area (Å²) >= 11 is 0. The number of hydrogen-bond donors (Lipinski definition) is 0. The summed E-state index contributed by atoms with van der Waals surface area (Å²) in [5.41, 5.74) is 0.498. The van der Waals surface area contributed by atoms with Gasteiger partial charge in [-0.1, -0.05) is 6.58 Å². The number of carbonyl (C=O) groups is 1. The van der Waals surface area contributed by atoms with E-state index in [2.05, 4.69) is 6.58 Å². The zero-order chi connectivity index (χ0) is 15.5. The minimum Gasteiger partial charge on any atom is -0.459 e. The molecule has 2 saturated heterocycles. The Morgan fingerprint density at radius 1 is 0.957 bits per heavy atom. The molecule has 0 aromatic heterocycles. The van der Waals surface area contributed by atoms with E-state index in [1.165, 1.54) is 12.8 Å². The van der Waals surface area contributed by atoms with Crippen LogP contribution in [0.1, 0.15) is 26.2 Å². The van der Waals surface area contributed by atoms with Gasteiger partial charge in [-0.05, 0) is 61.7 Å². The Morgan fingerprint density at radius 2 is 1.65 bits per heavy atom. The molecule has 4 aliphatic carbocycles. The van der Waals surface area contributed by atoms with E-state index in [1.807, 2.05) is 0 Å². The van der Waals surface area contributed by atoms with Gasteiger partial charge in [0.05, 0.1) is 12.2 Å². The highest BCUT2D eigenvalue weighted by atomic mass is 16.9. The summed E-state index contributed by atoms with van der Waals surface area (Å²) < 4.78 is 23.4. The molecule has 4 bridgehead atoms. The number of ether oxygens (including phenoxy) is 4. The number of rotatable bonds is 2. The van der Waals surface area contributed by atoms with Crippen LogP contribution in [0.15, 0.2) is 12.2 Å². The fourth-order valence-electron chi connectivity index (χ4n) is 6.77. The summed E-state index contributed by atoms with van der Waals surface area (Å²) in [5.74, 6) is 3.52. The van der Waals surface area contributed by atoms with Crippen molar-refractivity contribution in [2.24, 2.45) is 35.5 Å². The van der Waals surface area contributed by atoms with Crippen LogP contribution in [0.5, 0.6) is 0 Å². The van der Waals surface area contributed by atoms with E-state index in [0.717, 1.165) is 12.3 Å². The maximum atomic E-state index is 11.9. The largest absolute Gasteiger partial charge is 0.459 e. The van der Waals surface area contributed by atoms with E-state index in [-0.39, 0.29) is 36.9 Å². The van der Waals surface area contributed by atoms with E-state index in [0.29, 0.717) is 35.2 Å². The highest BCUT2D eigenvalue weighted by Gasteiger charge is 2.72. The summed E-state index contributed by atoms with van der Waals surface area (Å²) in [7, 11) is 0. The first-order valence-electron chi connectivity index (χ1n) is 8.94. The second kappa shape index (κ2) is 4.19. The Morgan fingerprint density at radius 3 is 2.35 bits per heavy atom. The van der Waals surface area contributed by atoms with Crippen molar-refractivity contribution >= 4 is 5.97 Å². The molecule has 4 saturated carbocycles. The second-order valence-corrected chi connectivity index (χ2v) is 8.41. The van der Waals surface area contributed by atoms with Gasteiger partial charge in [-0.2, -0.15) is 0 Å². The van der Waals surface area contributed by atoms with Crippen molar-refractivity contribution in [3.05, 3.63) is 12.2 Å². The molecule has 11 unspecified atom stereocenters. The molecule has 11 atom stereocenters. The van der Waals surface area contributed by atoms with Crippen molar-refractivity contribution in [3.63, 3.8) is 0 Å². The Labute approximate surface area is 135 Å². The van der Waals surface area contributed by atoms with Gasteiger partial charge in [-0.15, -0.1) is 0 Å². The number of hydrogen-bond acceptors (Lipinski definition) is 5. The molecule has 2 aliphatic heterocycles. The molecule has 0 aromatic carbocycles. The Hall–Kier alpha value is -0.910. The maximum absolute atomic E-state index is 11.9. The number of carbonyl (C=O) groups excluding carboxylic acids is 1. The molecule has 0 radical (unpaired) electrons. The van der Waals surface area contributed by atoms with Gasteiger partial charge in [-0.25, -0.2) is 4.79 Å². The van der Waals surface area contributed by atoms with Gasteiger partial charge < -0.3 is 18.9 Å². The lowest BCUT2D eigenvalue weighted by atomic mass is 9.68. The summed E-state index contributed by atoms with van der Waals surface area (Å²) in [6.45, 7) is 5.43. The zero-order valence-electron chi connectivity index (χ0n) is 13.2. The average Bonchev–Trinajstić information content (AvgIpc) is 2.88. The number of esters is 1.